The van der Waals surface area contributed by atoms with E-state index in [0.29, 0.717) is 0 Å². The van der Waals surface area contributed by atoms with Crippen LogP contribution in [0.2, 0.25) is 0 Å². The molecule has 0 amide bonds. The van der Waals surface area contributed by atoms with Gasteiger partial charge in [0.25, 0.3) is 0 Å². The van der Waals surface area contributed by atoms with Crippen LogP contribution >= 0.6 is 34.2 Å². The van der Waals surface area contributed by atoms with Gasteiger partial charge in [0.1, 0.15) is 4.38 Å². The first-order chi connectivity index (χ1) is 3.30. The van der Waals surface area contributed by atoms with Gasteiger partial charge in [-0.2, -0.15) is 5.10 Å². The Morgan fingerprint density at radius 2 is 2.43 bits per heavy atom. The topological polar surface area (TPSA) is 24.7 Å². The van der Waals surface area contributed by atoms with Gasteiger partial charge in [0.2, 0.25) is 0 Å². The summed E-state index contributed by atoms with van der Waals surface area (Å²) in [5.41, 5.74) is 1.70. The Morgan fingerprint density at radius 1 is 1.71 bits per heavy atom. The highest BCUT2D eigenvalue weighted by atomic mass is 33.1. The first-order valence-electron chi connectivity index (χ1n) is 1.59. The number of nitrogens with zero attached hydrogens (tertiary/aromatic N) is 2. The zero-order valence-electron chi connectivity index (χ0n) is 3.31. The molecule has 1 heterocycles. The lowest BCUT2D eigenvalue weighted by molar-refractivity contribution is 1.29. The van der Waals surface area contributed by atoms with E-state index in [0.717, 1.165) is 4.38 Å². The van der Waals surface area contributed by atoms with E-state index in [2.05, 4.69) is 34.5 Å². The van der Waals surface area contributed by atoms with Gasteiger partial charge in [-0.3, -0.25) is 0 Å². The number of thiol groups is 3. The van der Waals surface area contributed by atoms with Crippen molar-refractivity contribution < 1.29 is 0 Å². The van der Waals surface area contributed by atoms with Crippen LogP contribution in [0, 0.1) is 0 Å². The normalized spacial score (nSPS) is 33.4. The van der Waals surface area contributed by atoms with Crippen LogP contribution in [0.15, 0.2) is 10.2 Å². The lowest BCUT2D eigenvalue weighted by Crippen LogP contribution is -1.74. The predicted octanol–water partition coefficient (Wildman–Crippen LogP) is 1.08. The van der Waals surface area contributed by atoms with Gasteiger partial charge in [-0.1, -0.05) is 0 Å². The highest BCUT2D eigenvalue weighted by molar-refractivity contribution is 8.93. The molecule has 0 aliphatic carbocycles. The van der Waals surface area contributed by atoms with Crippen molar-refractivity contribution in [3.05, 3.63) is 0 Å². The predicted molar refractivity (Wildman–Crippen MR) is 42.9 cm³/mol. The Bertz CT molecular complexity index is 129. The van der Waals surface area contributed by atoms with Gasteiger partial charge in [-0.05, 0) is 0 Å². The van der Waals surface area contributed by atoms with Gasteiger partial charge in [0.05, 0.1) is 5.55 Å². The van der Waals surface area contributed by atoms with Crippen molar-refractivity contribution in [1.82, 2.24) is 0 Å². The summed E-state index contributed by atoms with van der Waals surface area (Å²) in [4.78, 5) is 0. The van der Waals surface area contributed by atoms with Crippen molar-refractivity contribution >= 4 is 44.1 Å². The van der Waals surface area contributed by atoms with E-state index in [4.69, 9.17) is 0 Å². The molecule has 0 saturated heterocycles. The van der Waals surface area contributed by atoms with E-state index in [9.17, 15) is 0 Å². The van der Waals surface area contributed by atoms with Crippen LogP contribution < -0.4 is 0 Å². The number of hydrogen-bond donors (Lipinski definition) is 3. The molecule has 1 unspecified atom stereocenters. The fourth-order valence-corrected chi connectivity index (χ4v) is 1.08. The lowest BCUT2D eigenvalue weighted by atomic mass is 11.6. The molecular weight excluding hydrogens is 148 g/mol. The first kappa shape index (κ1) is 5.53. The Balaban J connectivity index is 2.69. The smallest absolute Gasteiger partial charge is 0.143 e. The molecule has 1 aliphatic heterocycles. The maximum atomic E-state index is 4.10. The van der Waals surface area contributed by atoms with Gasteiger partial charge < -0.3 is 0 Å². The van der Waals surface area contributed by atoms with E-state index >= 15 is 0 Å². The average molecular weight is 152 g/mol. The number of hydrogen-bond acceptors (Lipinski definition) is 3. The molecule has 1 rings (SSSR count). The van der Waals surface area contributed by atoms with E-state index < -0.39 is 9.93 Å². The maximum absolute atomic E-state index is 4.10. The summed E-state index contributed by atoms with van der Waals surface area (Å²) in [6, 6.07) is 0. The van der Waals surface area contributed by atoms with Crippen molar-refractivity contribution in [2.24, 2.45) is 10.2 Å². The molecule has 0 radical (unpaired) electrons. The molecule has 5 heteroatoms. The molecule has 0 aromatic rings. The van der Waals surface area contributed by atoms with Crippen molar-refractivity contribution in [2.75, 3.05) is 0 Å². The summed E-state index contributed by atoms with van der Waals surface area (Å²) in [6.45, 7) is 0. The second kappa shape index (κ2) is 2.11. The molecule has 1 aliphatic rings. The Hall–Kier alpha value is 0.390. The van der Waals surface area contributed by atoms with Crippen LogP contribution in [0.5, 0.6) is 0 Å². The third-order valence-electron chi connectivity index (χ3n) is 0.513. The SMILES string of the molecule is SC1=NN=C[SH]1S. The number of rotatable bonds is 0. The largest absolute Gasteiger partial charge is 0.151 e. The van der Waals surface area contributed by atoms with Crippen LogP contribution in [-0.4, -0.2) is 9.92 Å². The molecular formula is C2H4N2S3. The fourth-order valence-electron chi connectivity index (χ4n) is 0.224. The first-order valence-corrected chi connectivity index (χ1v) is 4.60. The molecule has 1 atom stereocenters. The zero-order chi connectivity index (χ0) is 5.28. The third kappa shape index (κ3) is 1.14. The summed E-state index contributed by atoms with van der Waals surface area (Å²) in [5.74, 6) is 0. The van der Waals surface area contributed by atoms with Crippen LogP contribution in [0.25, 0.3) is 0 Å². The van der Waals surface area contributed by atoms with Gasteiger partial charge >= 0.3 is 0 Å². The Morgan fingerprint density at radius 3 is 2.57 bits per heavy atom. The molecule has 2 nitrogen and oxygen atoms in total. The van der Waals surface area contributed by atoms with Crippen molar-refractivity contribution in [3.8, 4) is 0 Å². The Labute approximate surface area is 54.7 Å². The van der Waals surface area contributed by atoms with Crippen LogP contribution in [0.4, 0.5) is 0 Å². The standard InChI is InChI=1S/C2H4N2S3/c5-2-4-3-1-7(2)6/h1,6-7H,(H,4,5). The van der Waals surface area contributed by atoms with E-state index in [-0.39, 0.29) is 0 Å². The maximum Gasteiger partial charge on any atom is 0.143 e. The summed E-state index contributed by atoms with van der Waals surface area (Å²) in [7, 11) is -0.509. The summed E-state index contributed by atoms with van der Waals surface area (Å²) in [5, 5.41) is 7.20. The molecule has 0 aromatic heterocycles. The summed E-state index contributed by atoms with van der Waals surface area (Å²) < 4.78 is 0.735. The quantitative estimate of drug-likeness (QED) is 0.342. The van der Waals surface area contributed by atoms with Crippen LogP contribution in [0.1, 0.15) is 0 Å². The molecule has 0 bridgehead atoms. The highest BCUT2D eigenvalue weighted by Crippen LogP contribution is 2.33. The highest BCUT2D eigenvalue weighted by Gasteiger charge is 2.02. The van der Waals surface area contributed by atoms with Gasteiger partial charge in [0.15, 0.2) is 0 Å². The molecule has 7 heavy (non-hydrogen) atoms. The van der Waals surface area contributed by atoms with Crippen LogP contribution in [-0.2, 0) is 0 Å². The van der Waals surface area contributed by atoms with Gasteiger partial charge in [0, 0.05) is 0 Å². The Kier molecular flexibility index (Phi) is 1.66. The molecule has 40 valence electrons. The molecule has 0 N–H and O–H groups in total. The monoisotopic (exact) mass is 152 g/mol. The minimum atomic E-state index is -0.509. The second-order valence-electron chi connectivity index (χ2n) is 0.976. The molecule has 0 fully saturated rings. The molecule has 0 saturated carbocycles. The fraction of sp³-hybridized carbons (Fsp3) is 0. The van der Waals surface area contributed by atoms with Crippen molar-refractivity contribution in [2.45, 2.75) is 0 Å². The van der Waals surface area contributed by atoms with Crippen molar-refractivity contribution in [3.63, 3.8) is 0 Å². The van der Waals surface area contributed by atoms with Gasteiger partial charge in [-0.25, -0.2) is 0 Å². The van der Waals surface area contributed by atoms with Gasteiger partial charge in [-0.15, -0.1) is 39.3 Å². The lowest BCUT2D eigenvalue weighted by Gasteiger charge is -1.95. The zero-order valence-corrected chi connectivity index (χ0v) is 6.00. The summed E-state index contributed by atoms with van der Waals surface area (Å²) >= 11 is 8.06. The third-order valence-corrected chi connectivity index (χ3v) is 3.42. The second-order valence-corrected chi connectivity index (χ2v) is 4.39. The minimum absolute atomic E-state index is 0.509. The molecule has 0 spiro atoms. The van der Waals surface area contributed by atoms with Crippen molar-refractivity contribution in [1.29, 1.82) is 0 Å². The van der Waals surface area contributed by atoms with E-state index in [1.807, 2.05) is 0 Å². The summed E-state index contributed by atoms with van der Waals surface area (Å²) in [6.07, 6.45) is 0. The van der Waals surface area contributed by atoms with E-state index in [1.165, 1.54) is 0 Å². The van der Waals surface area contributed by atoms with E-state index in [1.54, 1.807) is 5.55 Å². The average Bonchev–Trinajstić information content (AvgIpc) is 1.91. The minimum Gasteiger partial charge on any atom is -0.151 e. The van der Waals surface area contributed by atoms with Crippen LogP contribution in [0.3, 0.4) is 0 Å². The molecule has 0 aromatic carbocycles.